The van der Waals surface area contributed by atoms with Crippen LogP contribution in [0.5, 0.6) is 0 Å². The minimum atomic E-state index is -0.368. The Balaban J connectivity index is 1.86. The number of amidine groups is 1. The topological polar surface area (TPSA) is 76.7 Å². The molecule has 5 nitrogen and oxygen atoms in total. The molecule has 2 aromatic carbocycles. The summed E-state index contributed by atoms with van der Waals surface area (Å²) in [6.45, 7) is -0.251. The molecule has 0 aromatic heterocycles. The van der Waals surface area contributed by atoms with Crippen LogP contribution in [-0.4, -0.2) is 18.3 Å². The highest BCUT2D eigenvalue weighted by Gasteiger charge is 2.06. The first-order chi connectivity index (χ1) is 10.2. The number of amides is 1. The third kappa shape index (κ3) is 4.50. The van der Waals surface area contributed by atoms with E-state index in [9.17, 15) is 4.79 Å². The summed E-state index contributed by atoms with van der Waals surface area (Å²) in [6, 6.07) is 16.1. The van der Waals surface area contributed by atoms with Gasteiger partial charge >= 0.3 is 0 Å². The zero-order chi connectivity index (χ0) is 15.1. The molecule has 0 aliphatic rings. The number of oxime groups is 1. The molecule has 0 saturated heterocycles. The Bertz CT molecular complexity index is 644. The van der Waals surface area contributed by atoms with Gasteiger partial charge in [-0.2, -0.15) is 0 Å². The molecule has 0 fully saturated rings. The van der Waals surface area contributed by atoms with Gasteiger partial charge in [0.05, 0.1) is 10.7 Å². The molecule has 2 aromatic rings. The molecule has 2 rings (SSSR count). The fourth-order valence-electron chi connectivity index (χ4n) is 1.57. The van der Waals surface area contributed by atoms with Crippen LogP contribution in [0, 0.1) is 0 Å². The minimum Gasteiger partial charge on any atom is -0.384 e. The monoisotopic (exact) mass is 303 g/mol. The lowest BCUT2D eigenvalue weighted by molar-refractivity contribution is -0.120. The van der Waals surface area contributed by atoms with E-state index in [0.717, 1.165) is 5.56 Å². The maximum Gasteiger partial charge on any atom is 0.265 e. The number of halogens is 1. The molecule has 0 heterocycles. The second kappa shape index (κ2) is 7.31. The zero-order valence-corrected chi connectivity index (χ0v) is 11.9. The van der Waals surface area contributed by atoms with Gasteiger partial charge in [-0.3, -0.25) is 4.79 Å². The highest BCUT2D eigenvalue weighted by molar-refractivity contribution is 6.33. The van der Waals surface area contributed by atoms with Crippen LogP contribution >= 0.6 is 11.6 Å². The molecule has 21 heavy (non-hydrogen) atoms. The summed E-state index contributed by atoms with van der Waals surface area (Å²) >= 11 is 5.93. The van der Waals surface area contributed by atoms with Gasteiger partial charge in [0.2, 0.25) is 0 Å². The van der Waals surface area contributed by atoms with Crippen LogP contribution in [0.1, 0.15) is 5.56 Å². The van der Waals surface area contributed by atoms with Gasteiger partial charge in [0.25, 0.3) is 5.91 Å². The first-order valence-corrected chi connectivity index (χ1v) is 6.60. The molecule has 1 amide bonds. The van der Waals surface area contributed by atoms with Gasteiger partial charge in [-0.15, -0.1) is 0 Å². The van der Waals surface area contributed by atoms with Crippen molar-refractivity contribution in [2.75, 3.05) is 11.9 Å². The molecule has 0 bridgehead atoms. The molecule has 0 atom stereocenters. The van der Waals surface area contributed by atoms with Crippen LogP contribution in [0.2, 0.25) is 5.02 Å². The van der Waals surface area contributed by atoms with Crippen molar-refractivity contribution in [1.29, 1.82) is 0 Å². The second-order valence-electron chi connectivity index (χ2n) is 4.14. The number of nitrogens with two attached hydrogens (primary N) is 1. The van der Waals surface area contributed by atoms with Crippen molar-refractivity contribution in [3.63, 3.8) is 0 Å². The quantitative estimate of drug-likeness (QED) is 0.506. The summed E-state index contributed by atoms with van der Waals surface area (Å²) in [4.78, 5) is 16.6. The number of nitrogens with zero attached hydrogens (tertiary/aromatic N) is 1. The molecular weight excluding hydrogens is 290 g/mol. The summed E-state index contributed by atoms with van der Waals surface area (Å²) in [5.74, 6) is -0.158. The number of hydrogen-bond donors (Lipinski definition) is 2. The SMILES string of the molecule is N/C(=N/OCC(=O)Nc1ccccc1Cl)c1ccccc1. The Morgan fingerprint density at radius 3 is 2.52 bits per heavy atom. The molecule has 3 N–H and O–H groups in total. The van der Waals surface area contributed by atoms with E-state index in [0.29, 0.717) is 10.7 Å². The van der Waals surface area contributed by atoms with Gasteiger partial charge in [0.1, 0.15) is 0 Å². The zero-order valence-electron chi connectivity index (χ0n) is 11.1. The number of para-hydroxylation sites is 1. The molecule has 0 aliphatic heterocycles. The number of nitrogens with one attached hydrogen (secondary N) is 1. The molecule has 0 spiro atoms. The van der Waals surface area contributed by atoms with E-state index in [4.69, 9.17) is 22.2 Å². The van der Waals surface area contributed by atoms with E-state index in [2.05, 4.69) is 10.5 Å². The second-order valence-corrected chi connectivity index (χ2v) is 4.55. The number of anilines is 1. The van der Waals surface area contributed by atoms with E-state index in [1.807, 2.05) is 18.2 Å². The lowest BCUT2D eigenvalue weighted by Gasteiger charge is -2.06. The predicted octanol–water partition coefficient (Wildman–Crippen LogP) is 2.62. The van der Waals surface area contributed by atoms with Crippen molar-refractivity contribution in [2.24, 2.45) is 10.9 Å². The Hall–Kier alpha value is -2.53. The lowest BCUT2D eigenvalue weighted by atomic mass is 10.2. The lowest BCUT2D eigenvalue weighted by Crippen LogP contribution is -2.19. The van der Waals surface area contributed by atoms with Crippen molar-refractivity contribution in [1.82, 2.24) is 0 Å². The van der Waals surface area contributed by atoms with Crippen molar-refractivity contribution >= 4 is 29.0 Å². The van der Waals surface area contributed by atoms with Crippen LogP contribution in [0.4, 0.5) is 5.69 Å². The first kappa shape index (κ1) is 14.9. The summed E-state index contributed by atoms with van der Waals surface area (Å²) in [7, 11) is 0. The van der Waals surface area contributed by atoms with E-state index in [1.54, 1.807) is 36.4 Å². The normalized spacial score (nSPS) is 11.0. The molecule has 0 radical (unpaired) electrons. The van der Waals surface area contributed by atoms with Crippen LogP contribution in [0.15, 0.2) is 59.8 Å². The molecule has 6 heteroatoms. The molecule has 0 saturated carbocycles. The molecule has 108 valence electrons. The fraction of sp³-hybridized carbons (Fsp3) is 0.0667. The van der Waals surface area contributed by atoms with Gasteiger partial charge in [0, 0.05) is 5.56 Å². The highest BCUT2D eigenvalue weighted by Crippen LogP contribution is 2.20. The van der Waals surface area contributed by atoms with Crippen LogP contribution < -0.4 is 11.1 Å². The van der Waals surface area contributed by atoms with Gasteiger partial charge < -0.3 is 15.9 Å². The van der Waals surface area contributed by atoms with Crippen LogP contribution in [0.25, 0.3) is 0 Å². The summed E-state index contributed by atoms with van der Waals surface area (Å²) in [6.07, 6.45) is 0. The number of carbonyl (C=O) groups is 1. The van der Waals surface area contributed by atoms with Gasteiger partial charge in [-0.1, -0.05) is 59.2 Å². The Labute approximate surface area is 127 Å². The molecule has 0 aliphatic carbocycles. The van der Waals surface area contributed by atoms with Crippen molar-refractivity contribution < 1.29 is 9.63 Å². The number of carbonyl (C=O) groups excluding carboxylic acids is 1. The van der Waals surface area contributed by atoms with E-state index in [1.165, 1.54) is 0 Å². The van der Waals surface area contributed by atoms with Crippen LogP contribution in [0.3, 0.4) is 0 Å². The average Bonchev–Trinajstić information content (AvgIpc) is 2.50. The predicted molar refractivity (Wildman–Crippen MR) is 83.2 cm³/mol. The highest BCUT2D eigenvalue weighted by atomic mass is 35.5. The van der Waals surface area contributed by atoms with E-state index in [-0.39, 0.29) is 18.3 Å². The maximum absolute atomic E-state index is 11.7. The Morgan fingerprint density at radius 1 is 1.14 bits per heavy atom. The van der Waals surface area contributed by atoms with Gasteiger partial charge in [-0.05, 0) is 12.1 Å². The number of benzene rings is 2. The standard InChI is InChI=1S/C15H14ClN3O2/c16-12-8-4-5-9-13(12)18-14(20)10-21-19-15(17)11-6-2-1-3-7-11/h1-9H,10H2,(H2,17,19)(H,18,20). The Kier molecular flexibility index (Phi) is 5.17. The largest absolute Gasteiger partial charge is 0.384 e. The van der Waals surface area contributed by atoms with E-state index < -0.39 is 0 Å². The maximum atomic E-state index is 11.7. The minimum absolute atomic E-state index is 0.209. The van der Waals surface area contributed by atoms with Gasteiger partial charge in [0.15, 0.2) is 12.4 Å². The van der Waals surface area contributed by atoms with Crippen molar-refractivity contribution in [2.45, 2.75) is 0 Å². The Morgan fingerprint density at radius 2 is 1.81 bits per heavy atom. The van der Waals surface area contributed by atoms with Crippen molar-refractivity contribution in [3.05, 3.63) is 65.2 Å². The molecular formula is C15H14ClN3O2. The molecule has 0 unspecified atom stereocenters. The number of rotatable bonds is 5. The third-order valence-corrected chi connectivity index (χ3v) is 2.91. The van der Waals surface area contributed by atoms with E-state index >= 15 is 0 Å². The van der Waals surface area contributed by atoms with Crippen molar-refractivity contribution in [3.8, 4) is 0 Å². The fourth-order valence-corrected chi connectivity index (χ4v) is 1.75. The third-order valence-electron chi connectivity index (χ3n) is 2.58. The van der Waals surface area contributed by atoms with Crippen LogP contribution in [-0.2, 0) is 9.63 Å². The smallest absolute Gasteiger partial charge is 0.265 e. The number of hydrogen-bond acceptors (Lipinski definition) is 3. The summed E-state index contributed by atoms with van der Waals surface area (Å²) < 4.78 is 0. The first-order valence-electron chi connectivity index (χ1n) is 6.22. The summed E-state index contributed by atoms with van der Waals surface area (Å²) in [5.41, 5.74) is 6.98. The van der Waals surface area contributed by atoms with Gasteiger partial charge in [-0.25, -0.2) is 0 Å². The average molecular weight is 304 g/mol. The summed E-state index contributed by atoms with van der Waals surface area (Å²) in [5, 5.41) is 6.77.